The molecule has 1 fully saturated rings. The number of hydrogen-bond acceptors (Lipinski definition) is 4. The van der Waals surface area contributed by atoms with E-state index in [4.69, 9.17) is 9.47 Å². The van der Waals surface area contributed by atoms with Crippen LogP contribution in [0.5, 0.6) is 5.75 Å². The number of benzene rings is 1. The van der Waals surface area contributed by atoms with E-state index in [0.717, 1.165) is 32.8 Å². The van der Waals surface area contributed by atoms with Gasteiger partial charge in [-0.15, -0.1) is 0 Å². The van der Waals surface area contributed by atoms with E-state index < -0.39 is 0 Å². The van der Waals surface area contributed by atoms with Crippen LogP contribution in [0.25, 0.3) is 0 Å². The summed E-state index contributed by atoms with van der Waals surface area (Å²) in [7, 11) is 1.76. The number of amides is 1. The second-order valence-corrected chi connectivity index (χ2v) is 4.56. The fraction of sp³-hybridized carbons (Fsp3) is 0.500. The van der Waals surface area contributed by atoms with Crippen LogP contribution in [0.15, 0.2) is 30.3 Å². The maximum Gasteiger partial charge on any atom is 0.415 e. The molecule has 1 aliphatic rings. The van der Waals surface area contributed by atoms with E-state index in [-0.39, 0.29) is 6.09 Å². The average Bonchev–Trinajstić information content (AvgIpc) is 2.47. The van der Waals surface area contributed by atoms with Gasteiger partial charge in [-0.05, 0) is 12.1 Å². The molecule has 0 radical (unpaired) electrons. The maximum absolute atomic E-state index is 11.8. The van der Waals surface area contributed by atoms with Gasteiger partial charge in [-0.3, -0.25) is 4.90 Å². The first kappa shape index (κ1) is 13.8. The Balaban J connectivity index is 1.73. The number of para-hydroxylation sites is 1. The maximum atomic E-state index is 11.8. The van der Waals surface area contributed by atoms with Crippen LogP contribution in [0.2, 0.25) is 0 Å². The van der Waals surface area contributed by atoms with E-state index >= 15 is 0 Å². The number of rotatable bonds is 4. The molecule has 1 amide bonds. The second kappa shape index (κ2) is 7.11. The van der Waals surface area contributed by atoms with E-state index in [9.17, 15) is 4.79 Å². The largest absolute Gasteiger partial charge is 0.415 e. The van der Waals surface area contributed by atoms with Crippen molar-refractivity contribution in [3.8, 4) is 5.75 Å². The third-order valence-electron chi connectivity index (χ3n) is 3.12. The van der Waals surface area contributed by atoms with Crippen molar-refractivity contribution >= 4 is 6.09 Å². The third-order valence-corrected chi connectivity index (χ3v) is 3.12. The molecule has 104 valence electrons. The minimum Gasteiger partial charge on any atom is -0.410 e. The zero-order chi connectivity index (χ0) is 13.5. The van der Waals surface area contributed by atoms with Crippen molar-refractivity contribution in [3.63, 3.8) is 0 Å². The van der Waals surface area contributed by atoms with Gasteiger partial charge < -0.3 is 14.4 Å². The summed E-state index contributed by atoms with van der Waals surface area (Å²) in [5.74, 6) is 0.575. The number of carbonyl (C=O) groups excluding carboxylic acids is 1. The van der Waals surface area contributed by atoms with Crippen molar-refractivity contribution in [1.29, 1.82) is 0 Å². The van der Waals surface area contributed by atoms with Gasteiger partial charge in [0.15, 0.2) is 0 Å². The number of nitrogens with zero attached hydrogens (tertiary/aromatic N) is 2. The van der Waals surface area contributed by atoms with Gasteiger partial charge in [-0.1, -0.05) is 18.2 Å². The van der Waals surface area contributed by atoms with E-state index in [1.54, 1.807) is 24.1 Å². The van der Waals surface area contributed by atoms with Gasteiger partial charge in [-0.25, -0.2) is 4.79 Å². The monoisotopic (exact) mass is 264 g/mol. The molecule has 0 unspecified atom stereocenters. The molecule has 5 nitrogen and oxygen atoms in total. The number of ether oxygens (including phenoxy) is 2. The lowest BCUT2D eigenvalue weighted by Crippen LogP contribution is -2.42. The first-order valence-corrected chi connectivity index (χ1v) is 6.54. The van der Waals surface area contributed by atoms with Gasteiger partial charge in [0.2, 0.25) is 0 Å². The van der Waals surface area contributed by atoms with Crippen LogP contribution in [0.1, 0.15) is 0 Å². The third kappa shape index (κ3) is 4.54. The number of carbonyl (C=O) groups is 1. The van der Waals surface area contributed by atoms with Crippen LogP contribution in [0.3, 0.4) is 0 Å². The molecule has 0 N–H and O–H groups in total. The molecule has 19 heavy (non-hydrogen) atoms. The molecule has 0 bridgehead atoms. The summed E-state index contributed by atoms with van der Waals surface area (Å²) in [6.45, 7) is 4.93. The highest BCUT2D eigenvalue weighted by Crippen LogP contribution is 2.09. The molecule has 1 saturated heterocycles. The molecule has 2 rings (SSSR count). The van der Waals surface area contributed by atoms with Crippen LogP contribution < -0.4 is 4.74 Å². The lowest BCUT2D eigenvalue weighted by molar-refractivity contribution is 0.0349. The normalized spacial score (nSPS) is 16.1. The highest BCUT2D eigenvalue weighted by atomic mass is 16.6. The number of likely N-dealkylation sites (N-methyl/N-ethyl adjacent to an activating group) is 1. The summed E-state index contributed by atoms with van der Waals surface area (Å²) in [6.07, 6.45) is -0.320. The van der Waals surface area contributed by atoms with Crippen LogP contribution in [-0.4, -0.2) is 62.3 Å². The van der Waals surface area contributed by atoms with Gasteiger partial charge in [-0.2, -0.15) is 0 Å². The Bertz CT molecular complexity index is 391. The Labute approximate surface area is 113 Å². The zero-order valence-electron chi connectivity index (χ0n) is 11.2. The smallest absolute Gasteiger partial charge is 0.410 e. The summed E-state index contributed by atoms with van der Waals surface area (Å²) in [4.78, 5) is 15.7. The second-order valence-electron chi connectivity index (χ2n) is 4.56. The molecule has 5 heteroatoms. The standard InChI is InChI=1S/C14H20N2O3/c1-15(7-8-16-9-11-18-12-10-16)14(17)19-13-5-3-2-4-6-13/h2-6H,7-12H2,1H3. The topological polar surface area (TPSA) is 42.0 Å². The summed E-state index contributed by atoms with van der Waals surface area (Å²) < 4.78 is 10.5. The summed E-state index contributed by atoms with van der Waals surface area (Å²) in [5.41, 5.74) is 0. The minimum absolute atomic E-state index is 0.320. The van der Waals surface area contributed by atoms with Crippen molar-refractivity contribution in [1.82, 2.24) is 9.80 Å². The van der Waals surface area contributed by atoms with E-state index in [1.165, 1.54) is 0 Å². The predicted octanol–water partition coefficient (Wildman–Crippen LogP) is 1.45. The molecule has 0 aliphatic carbocycles. The predicted molar refractivity (Wildman–Crippen MR) is 72.4 cm³/mol. The lowest BCUT2D eigenvalue weighted by atomic mass is 10.3. The van der Waals surface area contributed by atoms with Crippen molar-refractivity contribution < 1.29 is 14.3 Å². The molecule has 1 aliphatic heterocycles. The van der Waals surface area contributed by atoms with Crippen LogP contribution in [0.4, 0.5) is 4.79 Å². The van der Waals surface area contributed by atoms with E-state index in [1.807, 2.05) is 18.2 Å². The van der Waals surface area contributed by atoms with E-state index in [0.29, 0.717) is 12.3 Å². The summed E-state index contributed by atoms with van der Waals surface area (Å²) in [6, 6.07) is 9.12. The van der Waals surface area contributed by atoms with Gasteiger partial charge in [0.25, 0.3) is 0 Å². The summed E-state index contributed by atoms with van der Waals surface area (Å²) in [5, 5.41) is 0. The van der Waals surface area contributed by atoms with Gasteiger partial charge in [0.05, 0.1) is 13.2 Å². The Morgan fingerprint density at radius 1 is 1.32 bits per heavy atom. The molecule has 0 saturated carbocycles. The molecular formula is C14H20N2O3. The minimum atomic E-state index is -0.320. The van der Waals surface area contributed by atoms with Crippen molar-refractivity contribution in [2.24, 2.45) is 0 Å². The van der Waals surface area contributed by atoms with Gasteiger partial charge in [0, 0.05) is 33.2 Å². The fourth-order valence-electron chi connectivity index (χ4n) is 1.87. The van der Waals surface area contributed by atoms with Crippen LogP contribution in [-0.2, 0) is 4.74 Å². The van der Waals surface area contributed by atoms with Gasteiger partial charge in [0.1, 0.15) is 5.75 Å². The van der Waals surface area contributed by atoms with Crippen LogP contribution in [0, 0.1) is 0 Å². The Morgan fingerprint density at radius 3 is 2.68 bits per heavy atom. The average molecular weight is 264 g/mol. The van der Waals surface area contributed by atoms with Crippen molar-refractivity contribution in [2.75, 3.05) is 46.4 Å². The molecule has 0 spiro atoms. The highest BCUT2D eigenvalue weighted by Gasteiger charge is 2.14. The molecule has 1 heterocycles. The number of morpholine rings is 1. The first-order chi connectivity index (χ1) is 9.25. The molecule has 1 aromatic rings. The van der Waals surface area contributed by atoms with Crippen LogP contribution >= 0.6 is 0 Å². The first-order valence-electron chi connectivity index (χ1n) is 6.54. The number of hydrogen-bond donors (Lipinski definition) is 0. The summed E-state index contributed by atoms with van der Waals surface area (Å²) >= 11 is 0. The van der Waals surface area contributed by atoms with Crippen molar-refractivity contribution in [2.45, 2.75) is 0 Å². The lowest BCUT2D eigenvalue weighted by Gasteiger charge is -2.28. The zero-order valence-corrected chi connectivity index (χ0v) is 11.2. The fourth-order valence-corrected chi connectivity index (χ4v) is 1.87. The highest BCUT2D eigenvalue weighted by molar-refractivity contribution is 5.70. The van der Waals surface area contributed by atoms with Gasteiger partial charge >= 0.3 is 6.09 Å². The molecular weight excluding hydrogens is 244 g/mol. The molecule has 0 aromatic heterocycles. The SMILES string of the molecule is CN(CCN1CCOCC1)C(=O)Oc1ccccc1. The molecule has 0 atom stereocenters. The van der Waals surface area contributed by atoms with E-state index in [2.05, 4.69) is 4.90 Å². The Hall–Kier alpha value is -1.59. The quantitative estimate of drug-likeness (QED) is 0.825. The molecule has 1 aromatic carbocycles. The Morgan fingerprint density at radius 2 is 2.00 bits per heavy atom. The van der Waals surface area contributed by atoms with Crippen molar-refractivity contribution in [3.05, 3.63) is 30.3 Å². The Kier molecular flexibility index (Phi) is 5.18.